The molecule has 1 aromatic carbocycles. The van der Waals surface area contributed by atoms with E-state index in [1.807, 2.05) is 12.1 Å². The van der Waals surface area contributed by atoms with Gasteiger partial charge in [-0.25, -0.2) is 0 Å². The maximum atomic E-state index is 9.37. The second kappa shape index (κ2) is 7.34. The van der Waals surface area contributed by atoms with Gasteiger partial charge in [0.2, 0.25) is 10.1 Å². The highest BCUT2D eigenvalue weighted by Gasteiger charge is 2.13. The molecule has 1 fully saturated rings. The lowest BCUT2D eigenvalue weighted by Crippen LogP contribution is -2.39. The molecular formula is C16H20N6O2S. The number of aromatic hydroxyl groups is 1. The molecule has 0 aliphatic carbocycles. The molecule has 9 heteroatoms. The smallest absolute Gasteiger partial charge is 0.236 e. The normalized spacial score (nSPS) is 15.7. The van der Waals surface area contributed by atoms with Gasteiger partial charge in [-0.05, 0) is 17.7 Å². The van der Waals surface area contributed by atoms with Gasteiger partial charge >= 0.3 is 0 Å². The molecule has 1 saturated heterocycles. The fourth-order valence-corrected chi connectivity index (χ4v) is 3.57. The number of anilines is 1. The van der Waals surface area contributed by atoms with Crippen LogP contribution >= 0.6 is 11.3 Å². The molecule has 3 heterocycles. The predicted octanol–water partition coefficient (Wildman–Crippen LogP) is 1.23. The van der Waals surface area contributed by atoms with Crippen LogP contribution in [0.5, 0.6) is 5.75 Å². The van der Waals surface area contributed by atoms with E-state index in [0.717, 1.165) is 60.9 Å². The predicted molar refractivity (Wildman–Crippen MR) is 95.3 cm³/mol. The van der Waals surface area contributed by atoms with Crippen LogP contribution in [0, 0.1) is 0 Å². The average molecular weight is 360 g/mol. The van der Waals surface area contributed by atoms with Crippen LogP contribution in [0.3, 0.4) is 0 Å². The molecular weight excluding hydrogens is 340 g/mol. The van der Waals surface area contributed by atoms with Crippen molar-refractivity contribution in [3.63, 3.8) is 0 Å². The molecule has 0 unspecified atom stereocenters. The Hall–Kier alpha value is -2.23. The maximum Gasteiger partial charge on any atom is 0.236 e. The van der Waals surface area contributed by atoms with Crippen molar-refractivity contribution in [1.82, 2.24) is 24.7 Å². The number of ether oxygens (including phenoxy) is 1. The molecule has 4 rings (SSSR count). The zero-order valence-corrected chi connectivity index (χ0v) is 14.6. The summed E-state index contributed by atoms with van der Waals surface area (Å²) in [5.41, 5.74) is 1.06. The summed E-state index contributed by atoms with van der Waals surface area (Å²) in [4.78, 5) is 3.16. The Morgan fingerprint density at radius 1 is 1.16 bits per heavy atom. The monoisotopic (exact) mass is 360 g/mol. The number of hydrogen-bond donors (Lipinski definition) is 2. The first-order chi connectivity index (χ1) is 12.3. The van der Waals surface area contributed by atoms with E-state index < -0.39 is 0 Å². The zero-order chi connectivity index (χ0) is 17.1. The largest absolute Gasteiger partial charge is 0.508 e. The van der Waals surface area contributed by atoms with E-state index in [2.05, 4.69) is 25.5 Å². The van der Waals surface area contributed by atoms with Gasteiger partial charge in [-0.3, -0.25) is 4.90 Å². The van der Waals surface area contributed by atoms with Gasteiger partial charge in [0.25, 0.3) is 0 Å². The highest BCUT2D eigenvalue weighted by molar-refractivity contribution is 7.20. The number of phenolic OH excluding ortho intramolecular Hbond substituents is 1. The number of benzene rings is 1. The van der Waals surface area contributed by atoms with Gasteiger partial charge < -0.3 is 15.2 Å². The van der Waals surface area contributed by atoms with Crippen molar-refractivity contribution in [1.29, 1.82) is 0 Å². The molecule has 25 heavy (non-hydrogen) atoms. The van der Waals surface area contributed by atoms with Crippen LogP contribution in [-0.2, 0) is 11.2 Å². The third kappa shape index (κ3) is 3.89. The topological polar surface area (TPSA) is 87.8 Å². The summed E-state index contributed by atoms with van der Waals surface area (Å²) in [7, 11) is 0. The summed E-state index contributed by atoms with van der Waals surface area (Å²) >= 11 is 1.50. The first kappa shape index (κ1) is 16.2. The van der Waals surface area contributed by atoms with E-state index >= 15 is 0 Å². The Morgan fingerprint density at radius 3 is 2.76 bits per heavy atom. The molecule has 132 valence electrons. The molecule has 1 aliphatic heterocycles. The molecule has 0 atom stereocenters. The van der Waals surface area contributed by atoms with Crippen LogP contribution in [0.1, 0.15) is 11.4 Å². The number of nitrogens with one attached hydrogen (secondary N) is 1. The Kier molecular flexibility index (Phi) is 4.77. The first-order valence-electron chi connectivity index (χ1n) is 8.31. The molecule has 0 bridgehead atoms. The molecule has 0 spiro atoms. The molecule has 2 aromatic heterocycles. The number of morpholine rings is 1. The van der Waals surface area contributed by atoms with Crippen molar-refractivity contribution >= 4 is 21.4 Å². The van der Waals surface area contributed by atoms with Crippen molar-refractivity contribution in [2.45, 2.75) is 6.42 Å². The van der Waals surface area contributed by atoms with Gasteiger partial charge in [-0.15, -0.1) is 15.3 Å². The summed E-state index contributed by atoms with van der Waals surface area (Å²) in [5.74, 6) is 1.05. The van der Waals surface area contributed by atoms with E-state index in [4.69, 9.17) is 4.74 Å². The standard InChI is InChI=1S/C16H20N6O2S/c23-13-3-1-12(2-4-13)11-14-18-19-16-22(14)20-15(25-16)17-5-6-21-7-9-24-10-8-21/h1-4,23H,5-11H2,(H,17,20). The van der Waals surface area contributed by atoms with Gasteiger partial charge in [0, 0.05) is 32.6 Å². The summed E-state index contributed by atoms with van der Waals surface area (Å²) in [6, 6.07) is 7.11. The van der Waals surface area contributed by atoms with Crippen LogP contribution in [0.25, 0.3) is 4.96 Å². The van der Waals surface area contributed by atoms with Crippen LogP contribution in [0.4, 0.5) is 5.13 Å². The highest BCUT2D eigenvalue weighted by Crippen LogP contribution is 2.20. The van der Waals surface area contributed by atoms with Crippen molar-refractivity contribution < 1.29 is 9.84 Å². The minimum absolute atomic E-state index is 0.260. The molecule has 0 saturated carbocycles. The lowest BCUT2D eigenvalue weighted by molar-refractivity contribution is 0.0398. The van der Waals surface area contributed by atoms with E-state index in [9.17, 15) is 5.11 Å². The van der Waals surface area contributed by atoms with Crippen molar-refractivity contribution in [2.75, 3.05) is 44.7 Å². The van der Waals surface area contributed by atoms with Crippen LogP contribution in [0.15, 0.2) is 24.3 Å². The van der Waals surface area contributed by atoms with Crippen molar-refractivity contribution in [3.05, 3.63) is 35.7 Å². The summed E-state index contributed by atoms with van der Waals surface area (Å²) in [6.07, 6.45) is 0.623. The minimum atomic E-state index is 0.260. The number of hydrogen-bond acceptors (Lipinski definition) is 8. The lowest BCUT2D eigenvalue weighted by atomic mass is 10.1. The second-order valence-electron chi connectivity index (χ2n) is 5.94. The van der Waals surface area contributed by atoms with Crippen LogP contribution < -0.4 is 5.32 Å². The Balaban J connectivity index is 1.38. The maximum absolute atomic E-state index is 9.37. The van der Waals surface area contributed by atoms with Crippen LogP contribution in [-0.4, -0.2) is 69.2 Å². The van der Waals surface area contributed by atoms with Gasteiger partial charge in [0.15, 0.2) is 5.82 Å². The minimum Gasteiger partial charge on any atom is -0.508 e. The molecule has 2 N–H and O–H groups in total. The zero-order valence-electron chi connectivity index (χ0n) is 13.8. The SMILES string of the molecule is Oc1ccc(Cc2nnc3sc(NCCN4CCOCC4)nn23)cc1. The van der Waals surface area contributed by atoms with E-state index in [1.54, 1.807) is 16.6 Å². The number of nitrogens with zero attached hydrogens (tertiary/aromatic N) is 5. The average Bonchev–Trinajstić information content (AvgIpc) is 3.19. The Labute approximate surface area is 149 Å². The first-order valence-corrected chi connectivity index (χ1v) is 9.12. The lowest BCUT2D eigenvalue weighted by Gasteiger charge is -2.26. The number of rotatable bonds is 6. The van der Waals surface area contributed by atoms with Gasteiger partial charge in [0.05, 0.1) is 13.2 Å². The summed E-state index contributed by atoms with van der Waals surface area (Å²) in [5, 5.41) is 26.6. The van der Waals surface area contributed by atoms with E-state index in [-0.39, 0.29) is 5.75 Å². The Morgan fingerprint density at radius 2 is 1.96 bits per heavy atom. The third-order valence-corrected chi connectivity index (χ3v) is 5.02. The second-order valence-corrected chi connectivity index (χ2v) is 6.90. The number of aromatic nitrogens is 4. The Bertz CT molecular complexity index is 825. The van der Waals surface area contributed by atoms with Crippen LogP contribution in [0.2, 0.25) is 0 Å². The quantitative estimate of drug-likeness (QED) is 0.683. The molecule has 1 aliphatic rings. The highest BCUT2D eigenvalue weighted by atomic mass is 32.1. The summed E-state index contributed by atoms with van der Waals surface area (Å²) < 4.78 is 7.14. The van der Waals surface area contributed by atoms with Gasteiger partial charge in [-0.2, -0.15) is 4.52 Å². The van der Waals surface area contributed by atoms with E-state index in [0.29, 0.717) is 6.42 Å². The fourth-order valence-electron chi connectivity index (χ4n) is 2.78. The molecule has 0 radical (unpaired) electrons. The number of fused-ring (bicyclic) bond motifs is 1. The van der Waals surface area contributed by atoms with Gasteiger partial charge in [-0.1, -0.05) is 23.5 Å². The van der Waals surface area contributed by atoms with Crippen molar-refractivity contribution in [3.8, 4) is 5.75 Å². The molecule has 3 aromatic rings. The van der Waals surface area contributed by atoms with Gasteiger partial charge in [0.1, 0.15) is 5.75 Å². The molecule has 0 amide bonds. The fraction of sp³-hybridized carbons (Fsp3) is 0.438. The number of phenols is 1. The molecule has 8 nitrogen and oxygen atoms in total. The van der Waals surface area contributed by atoms with E-state index in [1.165, 1.54) is 11.3 Å². The summed E-state index contributed by atoms with van der Waals surface area (Å²) in [6.45, 7) is 5.43. The van der Waals surface area contributed by atoms with Crippen molar-refractivity contribution in [2.24, 2.45) is 0 Å². The third-order valence-electron chi connectivity index (χ3n) is 4.16.